The van der Waals surface area contributed by atoms with Crippen molar-refractivity contribution < 1.29 is 14.3 Å². The van der Waals surface area contributed by atoms with Crippen molar-refractivity contribution in [1.29, 1.82) is 0 Å². The fourth-order valence-corrected chi connectivity index (χ4v) is 0.923. The predicted octanol–water partition coefficient (Wildman–Crippen LogP) is 1.55. The number of hydrogen-bond acceptors (Lipinski definition) is 3. The standard InChI is InChI=1S/C9H16O3/c1-4-6-12-9(11)8(5-2)7(3)10/h8H,4-6H2,1-3H3. The summed E-state index contributed by atoms with van der Waals surface area (Å²) >= 11 is 0. The van der Waals surface area contributed by atoms with Crippen molar-refractivity contribution in [1.82, 2.24) is 0 Å². The Bertz CT molecular complexity index is 163. The molecule has 0 aromatic rings. The maximum atomic E-state index is 11.1. The number of Topliss-reactive ketones (excluding diaryl/α,β-unsaturated/α-hetero) is 1. The summed E-state index contributed by atoms with van der Waals surface area (Å²) in [4.78, 5) is 22.0. The van der Waals surface area contributed by atoms with Crippen LogP contribution in [-0.4, -0.2) is 18.4 Å². The molecule has 0 aliphatic heterocycles. The first-order chi connectivity index (χ1) is 5.63. The molecule has 0 saturated heterocycles. The van der Waals surface area contributed by atoms with Gasteiger partial charge in [-0.3, -0.25) is 9.59 Å². The molecule has 12 heavy (non-hydrogen) atoms. The molecule has 0 heterocycles. The third-order valence-electron chi connectivity index (χ3n) is 1.63. The summed E-state index contributed by atoms with van der Waals surface area (Å²) in [5, 5.41) is 0. The van der Waals surface area contributed by atoms with Gasteiger partial charge in [0.25, 0.3) is 0 Å². The van der Waals surface area contributed by atoms with Gasteiger partial charge in [0, 0.05) is 0 Å². The Balaban J connectivity index is 3.95. The predicted molar refractivity (Wildman–Crippen MR) is 45.7 cm³/mol. The SMILES string of the molecule is CCCOC(=O)C(CC)C(C)=O. The third kappa shape index (κ3) is 3.51. The van der Waals surface area contributed by atoms with E-state index in [9.17, 15) is 9.59 Å². The molecule has 0 rings (SSSR count). The van der Waals surface area contributed by atoms with Crippen LogP contribution < -0.4 is 0 Å². The average molecular weight is 172 g/mol. The van der Waals surface area contributed by atoms with Crippen LogP contribution in [0.4, 0.5) is 0 Å². The van der Waals surface area contributed by atoms with Crippen molar-refractivity contribution in [2.24, 2.45) is 5.92 Å². The zero-order chi connectivity index (χ0) is 9.56. The lowest BCUT2D eigenvalue weighted by Crippen LogP contribution is -2.23. The molecule has 0 fully saturated rings. The minimum absolute atomic E-state index is 0.112. The van der Waals surface area contributed by atoms with Gasteiger partial charge in [0.1, 0.15) is 11.7 Å². The van der Waals surface area contributed by atoms with Crippen molar-refractivity contribution in [2.75, 3.05) is 6.61 Å². The van der Waals surface area contributed by atoms with E-state index in [-0.39, 0.29) is 11.8 Å². The summed E-state index contributed by atoms with van der Waals surface area (Å²) in [6, 6.07) is 0. The summed E-state index contributed by atoms with van der Waals surface area (Å²) in [5.74, 6) is -1.05. The van der Waals surface area contributed by atoms with Gasteiger partial charge in [-0.05, 0) is 19.8 Å². The van der Waals surface area contributed by atoms with Crippen LogP contribution >= 0.6 is 0 Å². The summed E-state index contributed by atoms with van der Waals surface area (Å²) in [5.41, 5.74) is 0. The van der Waals surface area contributed by atoms with E-state index in [1.165, 1.54) is 6.92 Å². The van der Waals surface area contributed by atoms with E-state index in [1.807, 2.05) is 6.92 Å². The largest absolute Gasteiger partial charge is 0.465 e. The lowest BCUT2D eigenvalue weighted by molar-refractivity contribution is -0.151. The number of hydrogen-bond donors (Lipinski definition) is 0. The molecule has 0 radical (unpaired) electrons. The fraction of sp³-hybridized carbons (Fsp3) is 0.778. The molecule has 0 saturated carbocycles. The number of rotatable bonds is 5. The van der Waals surface area contributed by atoms with Crippen molar-refractivity contribution in [3.8, 4) is 0 Å². The number of ketones is 1. The summed E-state index contributed by atoms with van der Waals surface area (Å²) in [7, 11) is 0. The molecule has 0 bridgehead atoms. The van der Waals surface area contributed by atoms with Gasteiger partial charge in [0.2, 0.25) is 0 Å². The first-order valence-corrected chi connectivity index (χ1v) is 4.30. The first-order valence-electron chi connectivity index (χ1n) is 4.30. The number of ether oxygens (including phenoxy) is 1. The molecule has 70 valence electrons. The summed E-state index contributed by atoms with van der Waals surface area (Å²) in [6.07, 6.45) is 1.32. The average Bonchev–Trinajstić information content (AvgIpc) is 2.01. The molecule has 1 unspecified atom stereocenters. The van der Waals surface area contributed by atoms with Crippen LogP contribution in [0.1, 0.15) is 33.6 Å². The number of esters is 1. The van der Waals surface area contributed by atoms with E-state index in [0.717, 1.165) is 6.42 Å². The van der Waals surface area contributed by atoms with Crippen LogP contribution in [0.3, 0.4) is 0 Å². The monoisotopic (exact) mass is 172 g/mol. The van der Waals surface area contributed by atoms with Crippen LogP contribution in [0.2, 0.25) is 0 Å². The lowest BCUT2D eigenvalue weighted by Gasteiger charge is -2.09. The van der Waals surface area contributed by atoms with Gasteiger partial charge in [-0.15, -0.1) is 0 Å². The van der Waals surface area contributed by atoms with Gasteiger partial charge in [-0.2, -0.15) is 0 Å². The maximum absolute atomic E-state index is 11.1. The molecule has 0 N–H and O–H groups in total. The summed E-state index contributed by atoms with van der Waals surface area (Å²) < 4.78 is 4.85. The van der Waals surface area contributed by atoms with Gasteiger partial charge in [0.05, 0.1) is 6.61 Å². The number of carbonyl (C=O) groups is 2. The molecular weight excluding hydrogens is 156 g/mol. The summed E-state index contributed by atoms with van der Waals surface area (Å²) in [6.45, 7) is 5.55. The Kier molecular flexibility index (Phi) is 5.34. The Morgan fingerprint density at radius 2 is 1.92 bits per heavy atom. The van der Waals surface area contributed by atoms with Crippen molar-refractivity contribution >= 4 is 11.8 Å². The minimum Gasteiger partial charge on any atom is -0.465 e. The topological polar surface area (TPSA) is 43.4 Å². The molecule has 3 heteroatoms. The molecule has 0 aliphatic rings. The van der Waals surface area contributed by atoms with E-state index in [4.69, 9.17) is 4.74 Å². The highest BCUT2D eigenvalue weighted by atomic mass is 16.5. The first kappa shape index (κ1) is 11.1. The van der Waals surface area contributed by atoms with Crippen LogP contribution in [0.5, 0.6) is 0 Å². The van der Waals surface area contributed by atoms with Gasteiger partial charge >= 0.3 is 5.97 Å². The normalized spacial score (nSPS) is 12.2. The Morgan fingerprint density at radius 3 is 2.25 bits per heavy atom. The molecule has 0 aromatic heterocycles. The Hall–Kier alpha value is -0.860. The van der Waals surface area contributed by atoms with E-state index in [2.05, 4.69) is 0 Å². The minimum atomic E-state index is -0.559. The van der Waals surface area contributed by atoms with E-state index < -0.39 is 5.92 Å². The number of carbonyl (C=O) groups excluding carboxylic acids is 2. The van der Waals surface area contributed by atoms with Crippen molar-refractivity contribution in [2.45, 2.75) is 33.6 Å². The van der Waals surface area contributed by atoms with E-state index in [1.54, 1.807) is 6.92 Å². The zero-order valence-electron chi connectivity index (χ0n) is 7.92. The fourth-order valence-electron chi connectivity index (χ4n) is 0.923. The molecular formula is C9H16O3. The zero-order valence-corrected chi connectivity index (χ0v) is 7.92. The van der Waals surface area contributed by atoms with Gasteiger partial charge in [-0.1, -0.05) is 13.8 Å². The maximum Gasteiger partial charge on any atom is 0.316 e. The third-order valence-corrected chi connectivity index (χ3v) is 1.63. The van der Waals surface area contributed by atoms with E-state index >= 15 is 0 Å². The highest BCUT2D eigenvalue weighted by Gasteiger charge is 2.21. The Morgan fingerprint density at radius 1 is 1.33 bits per heavy atom. The van der Waals surface area contributed by atoms with Crippen molar-refractivity contribution in [3.05, 3.63) is 0 Å². The van der Waals surface area contributed by atoms with Crippen LogP contribution in [0.25, 0.3) is 0 Å². The molecule has 0 aromatic carbocycles. The van der Waals surface area contributed by atoms with Gasteiger partial charge < -0.3 is 4.74 Å². The van der Waals surface area contributed by atoms with Crippen LogP contribution in [-0.2, 0) is 14.3 Å². The van der Waals surface area contributed by atoms with Gasteiger partial charge in [0.15, 0.2) is 0 Å². The highest BCUT2D eigenvalue weighted by molar-refractivity contribution is 5.97. The Labute approximate surface area is 73.1 Å². The molecule has 0 spiro atoms. The second kappa shape index (κ2) is 5.75. The molecule has 1 atom stereocenters. The quantitative estimate of drug-likeness (QED) is 0.467. The van der Waals surface area contributed by atoms with E-state index in [0.29, 0.717) is 13.0 Å². The molecule has 0 amide bonds. The highest BCUT2D eigenvalue weighted by Crippen LogP contribution is 2.06. The molecule has 0 aliphatic carbocycles. The van der Waals surface area contributed by atoms with Crippen LogP contribution in [0, 0.1) is 5.92 Å². The lowest BCUT2D eigenvalue weighted by atomic mass is 10.0. The van der Waals surface area contributed by atoms with Crippen LogP contribution in [0.15, 0.2) is 0 Å². The van der Waals surface area contributed by atoms with Crippen molar-refractivity contribution in [3.63, 3.8) is 0 Å². The second-order valence-corrected chi connectivity index (χ2v) is 2.74. The second-order valence-electron chi connectivity index (χ2n) is 2.74. The smallest absolute Gasteiger partial charge is 0.316 e. The van der Waals surface area contributed by atoms with Gasteiger partial charge in [-0.25, -0.2) is 0 Å². The molecule has 3 nitrogen and oxygen atoms in total.